The van der Waals surface area contributed by atoms with Crippen LogP contribution in [0.25, 0.3) is 5.69 Å². The van der Waals surface area contributed by atoms with E-state index in [1.807, 2.05) is 68.6 Å². The van der Waals surface area contributed by atoms with Crippen LogP contribution in [0.1, 0.15) is 28.5 Å². The van der Waals surface area contributed by atoms with Gasteiger partial charge in [0.15, 0.2) is 0 Å². The van der Waals surface area contributed by atoms with Crippen molar-refractivity contribution in [3.8, 4) is 5.69 Å². The second kappa shape index (κ2) is 7.53. The van der Waals surface area contributed by atoms with Crippen molar-refractivity contribution >= 4 is 17.5 Å². The van der Waals surface area contributed by atoms with E-state index in [0.29, 0.717) is 23.6 Å². The van der Waals surface area contributed by atoms with Gasteiger partial charge in [-0.3, -0.25) is 4.79 Å². The molecule has 0 aliphatic rings. The Morgan fingerprint density at radius 1 is 1.12 bits per heavy atom. The number of hydrogen-bond acceptors (Lipinski definition) is 2. The summed E-state index contributed by atoms with van der Waals surface area (Å²) in [7, 11) is 1.81. The van der Waals surface area contributed by atoms with Gasteiger partial charge in [-0.15, -0.1) is 0 Å². The van der Waals surface area contributed by atoms with Gasteiger partial charge >= 0.3 is 0 Å². The Kier molecular flexibility index (Phi) is 5.19. The molecule has 128 valence electrons. The minimum atomic E-state index is -0.0269. The average Bonchev–Trinajstić information content (AvgIpc) is 3.06. The molecule has 0 fully saturated rings. The average molecular weight is 354 g/mol. The van der Waals surface area contributed by atoms with E-state index in [1.54, 1.807) is 15.8 Å². The van der Waals surface area contributed by atoms with Gasteiger partial charge in [0.25, 0.3) is 5.91 Å². The van der Waals surface area contributed by atoms with Gasteiger partial charge in [-0.25, -0.2) is 4.68 Å². The van der Waals surface area contributed by atoms with Crippen LogP contribution in [0.2, 0.25) is 5.02 Å². The second-order valence-corrected chi connectivity index (χ2v) is 6.33. The van der Waals surface area contributed by atoms with Crippen molar-refractivity contribution in [2.75, 3.05) is 7.05 Å². The molecule has 0 aliphatic heterocycles. The van der Waals surface area contributed by atoms with E-state index in [9.17, 15) is 4.79 Å². The Hall–Kier alpha value is -2.59. The Bertz CT molecular complexity index is 856. The highest BCUT2D eigenvalue weighted by Gasteiger charge is 2.20. The minimum absolute atomic E-state index is 0.0269. The highest BCUT2D eigenvalue weighted by atomic mass is 35.5. The first-order chi connectivity index (χ1) is 12.1. The van der Waals surface area contributed by atoms with Gasteiger partial charge in [0.05, 0.1) is 23.1 Å². The zero-order chi connectivity index (χ0) is 17.8. The number of nitrogens with zero attached hydrogens (tertiary/aromatic N) is 3. The lowest BCUT2D eigenvalue weighted by atomic mass is 10.1. The smallest absolute Gasteiger partial charge is 0.257 e. The van der Waals surface area contributed by atoms with Gasteiger partial charge in [0.2, 0.25) is 0 Å². The highest BCUT2D eigenvalue weighted by Crippen LogP contribution is 2.19. The van der Waals surface area contributed by atoms with Gasteiger partial charge in [-0.1, -0.05) is 48.9 Å². The Labute approximate surface area is 152 Å². The molecule has 2 aromatic carbocycles. The van der Waals surface area contributed by atoms with Crippen LogP contribution in [0.4, 0.5) is 0 Å². The van der Waals surface area contributed by atoms with Crippen molar-refractivity contribution in [1.29, 1.82) is 0 Å². The lowest BCUT2D eigenvalue weighted by Crippen LogP contribution is -2.27. The zero-order valence-corrected chi connectivity index (χ0v) is 15.1. The molecule has 0 spiro atoms. The summed E-state index contributed by atoms with van der Waals surface area (Å²) in [5.41, 5.74) is 3.52. The molecular formula is C20H20ClN3O. The number of rotatable bonds is 5. The monoisotopic (exact) mass is 353 g/mol. The van der Waals surface area contributed by atoms with Crippen LogP contribution in [0.15, 0.2) is 60.8 Å². The summed E-state index contributed by atoms with van der Waals surface area (Å²) >= 11 is 5.96. The third kappa shape index (κ3) is 3.74. The van der Waals surface area contributed by atoms with Crippen LogP contribution in [0.3, 0.4) is 0 Å². The Morgan fingerprint density at radius 3 is 2.44 bits per heavy atom. The maximum Gasteiger partial charge on any atom is 0.257 e. The number of hydrogen-bond donors (Lipinski definition) is 0. The number of carbonyl (C=O) groups excluding carboxylic acids is 1. The van der Waals surface area contributed by atoms with Crippen LogP contribution in [0.5, 0.6) is 0 Å². The van der Waals surface area contributed by atoms with Crippen molar-refractivity contribution in [3.05, 3.63) is 82.6 Å². The zero-order valence-electron chi connectivity index (χ0n) is 14.3. The fraction of sp³-hybridized carbons (Fsp3) is 0.200. The van der Waals surface area contributed by atoms with Gasteiger partial charge in [-0.2, -0.15) is 5.10 Å². The summed E-state index contributed by atoms with van der Waals surface area (Å²) in [5, 5.41) is 5.10. The summed E-state index contributed by atoms with van der Waals surface area (Å²) in [4.78, 5) is 14.6. The molecule has 4 nitrogen and oxygen atoms in total. The van der Waals surface area contributed by atoms with E-state index < -0.39 is 0 Å². The molecule has 0 radical (unpaired) electrons. The van der Waals surface area contributed by atoms with Gasteiger partial charge in [0.1, 0.15) is 0 Å². The molecule has 1 aromatic heterocycles. The minimum Gasteiger partial charge on any atom is -0.337 e. The van der Waals surface area contributed by atoms with Crippen LogP contribution in [0, 0.1) is 0 Å². The summed E-state index contributed by atoms with van der Waals surface area (Å²) in [6.45, 7) is 2.59. The lowest BCUT2D eigenvalue weighted by molar-refractivity contribution is 0.0784. The van der Waals surface area contributed by atoms with Crippen LogP contribution >= 0.6 is 11.6 Å². The third-order valence-electron chi connectivity index (χ3n) is 4.11. The topological polar surface area (TPSA) is 38.1 Å². The number of halogens is 1. The summed E-state index contributed by atoms with van der Waals surface area (Å²) < 4.78 is 1.81. The molecule has 0 bridgehead atoms. The molecule has 5 heteroatoms. The Balaban J connectivity index is 1.87. The standard InChI is InChI=1S/C20H20ClN3O/c1-3-19-18(13-22-24(19)17-11-9-16(21)10-12-17)20(25)23(2)14-15-7-5-4-6-8-15/h4-13H,3,14H2,1-2H3. The Morgan fingerprint density at radius 2 is 1.80 bits per heavy atom. The van der Waals surface area contributed by atoms with Crippen molar-refractivity contribution in [2.45, 2.75) is 19.9 Å². The van der Waals surface area contributed by atoms with E-state index in [4.69, 9.17) is 11.6 Å². The molecule has 0 N–H and O–H groups in total. The van der Waals surface area contributed by atoms with Crippen molar-refractivity contribution in [3.63, 3.8) is 0 Å². The maximum absolute atomic E-state index is 12.9. The fourth-order valence-corrected chi connectivity index (χ4v) is 2.96. The van der Waals surface area contributed by atoms with E-state index in [2.05, 4.69) is 5.10 Å². The summed E-state index contributed by atoms with van der Waals surface area (Å²) in [5.74, 6) is -0.0269. The first kappa shape index (κ1) is 17.2. The predicted octanol–water partition coefficient (Wildman–Crippen LogP) is 4.36. The molecule has 3 rings (SSSR count). The van der Waals surface area contributed by atoms with Gasteiger partial charge in [0, 0.05) is 18.6 Å². The molecule has 0 saturated carbocycles. The van der Waals surface area contributed by atoms with E-state index in [0.717, 1.165) is 16.9 Å². The highest BCUT2D eigenvalue weighted by molar-refractivity contribution is 6.30. The van der Waals surface area contributed by atoms with E-state index >= 15 is 0 Å². The molecule has 0 saturated heterocycles. The number of carbonyl (C=O) groups is 1. The maximum atomic E-state index is 12.9. The molecule has 1 amide bonds. The first-order valence-corrected chi connectivity index (χ1v) is 8.60. The summed E-state index contributed by atoms with van der Waals surface area (Å²) in [6.07, 6.45) is 2.36. The number of aromatic nitrogens is 2. The molecule has 0 aliphatic carbocycles. The normalized spacial score (nSPS) is 10.7. The molecule has 0 atom stereocenters. The molecule has 0 unspecified atom stereocenters. The number of benzene rings is 2. The van der Waals surface area contributed by atoms with Crippen molar-refractivity contribution in [2.24, 2.45) is 0 Å². The number of amides is 1. The molecule has 25 heavy (non-hydrogen) atoms. The SMILES string of the molecule is CCc1c(C(=O)N(C)Cc2ccccc2)cnn1-c1ccc(Cl)cc1. The summed E-state index contributed by atoms with van der Waals surface area (Å²) in [6, 6.07) is 17.4. The van der Waals surface area contributed by atoms with Gasteiger partial charge in [-0.05, 0) is 36.2 Å². The lowest BCUT2D eigenvalue weighted by Gasteiger charge is -2.17. The molecule has 1 heterocycles. The largest absolute Gasteiger partial charge is 0.337 e. The van der Waals surface area contributed by atoms with E-state index in [-0.39, 0.29) is 5.91 Å². The van der Waals surface area contributed by atoms with Crippen LogP contribution in [-0.4, -0.2) is 27.6 Å². The molecular weight excluding hydrogens is 334 g/mol. The van der Waals surface area contributed by atoms with Crippen molar-refractivity contribution < 1.29 is 4.79 Å². The second-order valence-electron chi connectivity index (χ2n) is 5.89. The first-order valence-electron chi connectivity index (χ1n) is 8.22. The van der Waals surface area contributed by atoms with E-state index in [1.165, 1.54) is 0 Å². The molecule has 3 aromatic rings. The van der Waals surface area contributed by atoms with Crippen molar-refractivity contribution in [1.82, 2.24) is 14.7 Å². The third-order valence-corrected chi connectivity index (χ3v) is 4.37. The quantitative estimate of drug-likeness (QED) is 0.683. The van der Waals surface area contributed by atoms with Crippen LogP contribution in [-0.2, 0) is 13.0 Å². The predicted molar refractivity (Wildman–Crippen MR) is 100 cm³/mol. The van der Waals surface area contributed by atoms with Crippen LogP contribution < -0.4 is 0 Å². The fourth-order valence-electron chi connectivity index (χ4n) is 2.83. The van der Waals surface area contributed by atoms with Gasteiger partial charge < -0.3 is 4.90 Å².